The molecule has 0 aromatic carbocycles. The van der Waals surface area contributed by atoms with Crippen molar-refractivity contribution in [2.24, 2.45) is 17.6 Å². The summed E-state index contributed by atoms with van der Waals surface area (Å²) in [5, 5.41) is 3.04. The predicted molar refractivity (Wildman–Crippen MR) is 78.4 cm³/mol. The van der Waals surface area contributed by atoms with Crippen LogP contribution in [0.4, 0.5) is 0 Å². The highest BCUT2D eigenvalue weighted by Crippen LogP contribution is 2.23. The maximum absolute atomic E-state index is 12.0. The van der Waals surface area contributed by atoms with Crippen molar-refractivity contribution >= 4 is 18.3 Å². The van der Waals surface area contributed by atoms with Crippen LogP contribution in [0, 0.1) is 11.8 Å². The molecule has 2 rings (SSSR count). The molecule has 1 unspecified atom stereocenters. The second-order valence-electron chi connectivity index (χ2n) is 5.72. The average Bonchev–Trinajstić information content (AvgIpc) is 2.46. The second kappa shape index (κ2) is 8.77. The molecule has 0 spiro atoms. The fourth-order valence-corrected chi connectivity index (χ4v) is 3.04. The monoisotopic (exact) mass is 290 g/mol. The quantitative estimate of drug-likeness (QED) is 0.831. The first-order valence-corrected chi connectivity index (χ1v) is 7.38. The van der Waals surface area contributed by atoms with Crippen LogP contribution < -0.4 is 11.1 Å². The Kier molecular flexibility index (Phi) is 7.73. The van der Waals surface area contributed by atoms with E-state index < -0.39 is 0 Å². The lowest BCUT2D eigenvalue weighted by molar-refractivity contribution is -0.124. The molecule has 1 aliphatic heterocycles. The molecule has 1 aliphatic carbocycles. The zero-order valence-corrected chi connectivity index (χ0v) is 12.4. The first-order valence-electron chi connectivity index (χ1n) is 7.38. The molecule has 4 nitrogen and oxygen atoms in total. The van der Waals surface area contributed by atoms with Gasteiger partial charge in [-0.25, -0.2) is 0 Å². The van der Waals surface area contributed by atoms with Gasteiger partial charge in [0.2, 0.25) is 5.91 Å². The summed E-state index contributed by atoms with van der Waals surface area (Å²) in [7, 11) is 0. The summed E-state index contributed by atoms with van der Waals surface area (Å²) in [5.41, 5.74) is 6.04. The first-order chi connectivity index (χ1) is 8.77. The Labute approximate surface area is 122 Å². The molecule has 1 atom stereocenters. The Morgan fingerprint density at radius 2 is 1.79 bits per heavy atom. The van der Waals surface area contributed by atoms with Crippen molar-refractivity contribution in [2.75, 3.05) is 19.8 Å². The van der Waals surface area contributed by atoms with Crippen LogP contribution in [-0.2, 0) is 9.53 Å². The lowest BCUT2D eigenvalue weighted by atomic mass is 9.88. The molecule has 0 aromatic rings. The smallest absolute Gasteiger partial charge is 0.237 e. The van der Waals surface area contributed by atoms with Gasteiger partial charge in [0.15, 0.2) is 0 Å². The van der Waals surface area contributed by atoms with E-state index in [2.05, 4.69) is 5.32 Å². The number of hydrogen-bond acceptors (Lipinski definition) is 3. The van der Waals surface area contributed by atoms with Crippen LogP contribution in [-0.4, -0.2) is 31.7 Å². The van der Waals surface area contributed by atoms with Gasteiger partial charge >= 0.3 is 0 Å². The van der Waals surface area contributed by atoms with E-state index in [1.165, 1.54) is 32.1 Å². The van der Waals surface area contributed by atoms with Crippen molar-refractivity contribution in [3.63, 3.8) is 0 Å². The molecule has 1 saturated carbocycles. The summed E-state index contributed by atoms with van der Waals surface area (Å²) in [4.78, 5) is 12.0. The minimum Gasteiger partial charge on any atom is -0.381 e. The van der Waals surface area contributed by atoms with Gasteiger partial charge < -0.3 is 15.8 Å². The number of nitrogens with two attached hydrogens (primary N) is 1. The molecule has 2 fully saturated rings. The van der Waals surface area contributed by atoms with Crippen molar-refractivity contribution in [2.45, 2.75) is 51.0 Å². The Bertz CT molecular complexity index is 264. The number of halogens is 1. The molecule has 3 N–H and O–H groups in total. The Hall–Kier alpha value is -0.320. The van der Waals surface area contributed by atoms with Crippen molar-refractivity contribution in [3.8, 4) is 0 Å². The lowest BCUT2D eigenvalue weighted by Gasteiger charge is -2.28. The molecule has 0 radical (unpaired) electrons. The maximum atomic E-state index is 12.0. The highest BCUT2D eigenvalue weighted by atomic mass is 35.5. The van der Waals surface area contributed by atoms with Crippen LogP contribution in [0.1, 0.15) is 44.9 Å². The minimum absolute atomic E-state index is 0. The number of nitrogens with one attached hydrogen (secondary N) is 1. The van der Waals surface area contributed by atoms with Crippen LogP contribution >= 0.6 is 12.4 Å². The molecule has 0 aromatic heterocycles. The number of amides is 1. The van der Waals surface area contributed by atoms with Crippen molar-refractivity contribution < 1.29 is 9.53 Å². The summed E-state index contributed by atoms with van der Waals surface area (Å²) in [6, 6.07) is -0.350. The van der Waals surface area contributed by atoms with Crippen LogP contribution in [0.2, 0.25) is 0 Å². The molecular formula is C14H27ClN2O2. The van der Waals surface area contributed by atoms with E-state index >= 15 is 0 Å². The molecule has 5 heteroatoms. The molecule has 1 saturated heterocycles. The van der Waals surface area contributed by atoms with Gasteiger partial charge in [-0.3, -0.25) is 4.79 Å². The van der Waals surface area contributed by atoms with Gasteiger partial charge in [0, 0.05) is 19.8 Å². The lowest BCUT2D eigenvalue weighted by Crippen LogP contribution is -2.48. The van der Waals surface area contributed by atoms with Gasteiger partial charge in [-0.2, -0.15) is 0 Å². The van der Waals surface area contributed by atoms with Gasteiger partial charge in [-0.15, -0.1) is 12.4 Å². The van der Waals surface area contributed by atoms with E-state index in [4.69, 9.17) is 10.5 Å². The highest BCUT2D eigenvalue weighted by molar-refractivity contribution is 5.85. The largest absolute Gasteiger partial charge is 0.381 e. The number of ether oxygens (including phenoxy) is 1. The Morgan fingerprint density at radius 3 is 2.42 bits per heavy atom. The SMILES string of the molecule is Cl.NC(C(=O)NCC1CCCCC1)C1CCOCC1. The third kappa shape index (κ3) is 5.28. The van der Waals surface area contributed by atoms with Crippen LogP contribution in [0.25, 0.3) is 0 Å². The Balaban J connectivity index is 0.00000180. The summed E-state index contributed by atoms with van der Waals surface area (Å²) < 4.78 is 5.30. The van der Waals surface area contributed by atoms with Crippen molar-refractivity contribution in [1.82, 2.24) is 5.32 Å². The van der Waals surface area contributed by atoms with Gasteiger partial charge in [0.1, 0.15) is 0 Å². The predicted octanol–water partition coefficient (Wildman–Crippen LogP) is 1.86. The van der Waals surface area contributed by atoms with Gasteiger partial charge in [-0.1, -0.05) is 19.3 Å². The van der Waals surface area contributed by atoms with E-state index in [0.29, 0.717) is 11.8 Å². The van der Waals surface area contributed by atoms with E-state index in [-0.39, 0.29) is 24.4 Å². The number of carbonyl (C=O) groups is 1. The van der Waals surface area contributed by atoms with Crippen LogP contribution in [0.5, 0.6) is 0 Å². The zero-order chi connectivity index (χ0) is 12.8. The number of hydrogen-bond donors (Lipinski definition) is 2. The second-order valence-corrected chi connectivity index (χ2v) is 5.72. The van der Waals surface area contributed by atoms with Crippen molar-refractivity contribution in [1.29, 1.82) is 0 Å². The van der Waals surface area contributed by atoms with Gasteiger partial charge in [-0.05, 0) is 37.5 Å². The zero-order valence-electron chi connectivity index (χ0n) is 11.6. The van der Waals surface area contributed by atoms with Gasteiger partial charge in [0.05, 0.1) is 6.04 Å². The maximum Gasteiger partial charge on any atom is 0.237 e. The standard InChI is InChI=1S/C14H26N2O2.ClH/c15-13(12-6-8-18-9-7-12)14(17)16-10-11-4-2-1-3-5-11;/h11-13H,1-10,15H2,(H,16,17);1H. The summed E-state index contributed by atoms with van der Waals surface area (Å²) in [5.74, 6) is 1.00. The highest BCUT2D eigenvalue weighted by Gasteiger charge is 2.26. The van der Waals surface area contributed by atoms with E-state index in [0.717, 1.165) is 32.6 Å². The van der Waals surface area contributed by atoms with Crippen molar-refractivity contribution in [3.05, 3.63) is 0 Å². The van der Waals surface area contributed by atoms with Crippen LogP contribution in [0.3, 0.4) is 0 Å². The minimum atomic E-state index is -0.350. The normalized spacial score (nSPS) is 23.4. The third-order valence-electron chi connectivity index (χ3n) is 4.37. The molecular weight excluding hydrogens is 264 g/mol. The number of rotatable bonds is 4. The van der Waals surface area contributed by atoms with Gasteiger partial charge in [0.25, 0.3) is 0 Å². The van der Waals surface area contributed by atoms with E-state index in [1.807, 2.05) is 0 Å². The Morgan fingerprint density at radius 1 is 1.16 bits per heavy atom. The molecule has 19 heavy (non-hydrogen) atoms. The van der Waals surface area contributed by atoms with E-state index in [1.54, 1.807) is 0 Å². The molecule has 1 amide bonds. The van der Waals surface area contributed by atoms with E-state index in [9.17, 15) is 4.79 Å². The molecule has 0 bridgehead atoms. The third-order valence-corrected chi connectivity index (χ3v) is 4.37. The number of carbonyl (C=O) groups excluding carboxylic acids is 1. The topological polar surface area (TPSA) is 64.4 Å². The fraction of sp³-hybridized carbons (Fsp3) is 0.929. The summed E-state index contributed by atoms with van der Waals surface area (Å²) >= 11 is 0. The molecule has 112 valence electrons. The molecule has 2 aliphatic rings. The van der Waals surface area contributed by atoms with Crippen LogP contribution in [0.15, 0.2) is 0 Å². The summed E-state index contributed by atoms with van der Waals surface area (Å²) in [6.45, 7) is 2.30. The summed E-state index contributed by atoms with van der Waals surface area (Å²) in [6.07, 6.45) is 8.32. The fourth-order valence-electron chi connectivity index (χ4n) is 3.04. The molecule has 1 heterocycles. The average molecular weight is 291 g/mol. The first kappa shape index (κ1) is 16.7.